The zero-order valence-electron chi connectivity index (χ0n) is 9.87. The van der Waals surface area contributed by atoms with Gasteiger partial charge in [0.15, 0.2) is 0 Å². The number of pyridine rings is 1. The first-order valence-electron chi connectivity index (χ1n) is 5.68. The van der Waals surface area contributed by atoms with Crippen LogP contribution in [-0.4, -0.2) is 9.30 Å². The molecular formula is C14H14N2S2. The summed E-state index contributed by atoms with van der Waals surface area (Å²) in [5, 5.41) is 3.22. The number of benzene rings is 1. The quantitative estimate of drug-likeness (QED) is 0.864. The molecule has 0 unspecified atom stereocenters. The third kappa shape index (κ3) is 4.47. The van der Waals surface area contributed by atoms with Gasteiger partial charge in [-0.2, -0.15) is 0 Å². The molecule has 0 radical (unpaired) electrons. The lowest BCUT2D eigenvalue weighted by Crippen LogP contribution is -2.17. The molecule has 1 aromatic heterocycles. The lowest BCUT2D eigenvalue weighted by molar-refractivity contribution is 0.929. The Balaban J connectivity index is 1.73. The van der Waals surface area contributed by atoms with Crippen molar-refractivity contribution in [1.82, 2.24) is 10.3 Å². The summed E-state index contributed by atoms with van der Waals surface area (Å²) < 4.78 is 0.822. The summed E-state index contributed by atoms with van der Waals surface area (Å²) in [4.78, 5) is 4.07. The zero-order valence-corrected chi connectivity index (χ0v) is 11.5. The van der Waals surface area contributed by atoms with Gasteiger partial charge in [0.05, 0.1) is 0 Å². The Hall–Kier alpha value is -1.39. The van der Waals surface area contributed by atoms with Gasteiger partial charge in [0.2, 0.25) is 0 Å². The highest BCUT2D eigenvalue weighted by molar-refractivity contribution is 8.22. The van der Waals surface area contributed by atoms with Crippen LogP contribution in [0.3, 0.4) is 0 Å². The Morgan fingerprint density at radius 2 is 1.89 bits per heavy atom. The number of hydrogen-bond donors (Lipinski definition) is 1. The van der Waals surface area contributed by atoms with Crippen molar-refractivity contribution >= 4 is 28.3 Å². The number of rotatable bonds is 4. The summed E-state index contributed by atoms with van der Waals surface area (Å²) in [6.45, 7) is 0.731. The van der Waals surface area contributed by atoms with Crippen LogP contribution in [-0.2, 0) is 12.3 Å². The lowest BCUT2D eigenvalue weighted by Gasteiger charge is -2.07. The fourth-order valence-corrected chi connectivity index (χ4v) is 2.36. The summed E-state index contributed by atoms with van der Waals surface area (Å²) in [5.74, 6) is 0.902. The third-order valence-corrected chi connectivity index (χ3v) is 3.75. The number of thiocarbonyl (C=S) groups is 1. The van der Waals surface area contributed by atoms with E-state index in [4.69, 9.17) is 12.2 Å². The molecule has 0 aliphatic carbocycles. The maximum atomic E-state index is 5.28. The van der Waals surface area contributed by atoms with Crippen LogP contribution in [0.4, 0.5) is 0 Å². The molecule has 0 aliphatic heterocycles. The van der Waals surface area contributed by atoms with Gasteiger partial charge in [0, 0.05) is 24.7 Å². The summed E-state index contributed by atoms with van der Waals surface area (Å²) in [6, 6.07) is 14.3. The first-order chi connectivity index (χ1) is 8.84. The number of thioether (sulfide) groups is 1. The van der Waals surface area contributed by atoms with E-state index in [1.165, 1.54) is 5.56 Å². The second kappa shape index (κ2) is 7.13. The van der Waals surface area contributed by atoms with Crippen LogP contribution < -0.4 is 5.32 Å². The van der Waals surface area contributed by atoms with Gasteiger partial charge in [-0.25, -0.2) is 0 Å². The molecule has 0 atom stereocenters. The van der Waals surface area contributed by atoms with Gasteiger partial charge in [-0.05, 0) is 17.2 Å². The van der Waals surface area contributed by atoms with Crippen LogP contribution in [0.25, 0.3) is 0 Å². The topological polar surface area (TPSA) is 24.9 Å². The molecule has 2 nitrogen and oxygen atoms in total. The van der Waals surface area contributed by atoms with Gasteiger partial charge in [-0.1, -0.05) is 60.4 Å². The molecule has 0 saturated carbocycles. The SMILES string of the molecule is S=C(NCc1cccnc1)SCc1ccccc1. The minimum atomic E-state index is 0.731. The van der Waals surface area contributed by atoms with Crippen LogP contribution in [0.1, 0.15) is 11.1 Å². The highest BCUT2D eigenvalue weighted by Crippen LogP contribution is 2.12. The molecule has 92 valence electrons. The van der Waals surface area contributed by atoms with E-state index in [0.717, 1.165) is 22.2 Å². The first kappa shape index (κ1) is 13.1. The molecule has 4 heteroatoms. The van der Waals surface area contributed by atoms with Crippen molar-refractivity contribution in [3.05, 3.63) is 66.0 Å². The smallest absolute Gasteiger partial charge is 0.134 e. The largest absolute Gasteiger partial charge is 0.367 e. The average molecular weight is 274 g/mol. The van der Waals surface area contributed by atoms with Crippen molar-refractivity contribution < 1.29 is 0 Å². The van der Waals surface area contributed by atoms with Crippen molar-refractivity contribution in [2.45, 2.75) is 12.3 Å². The maximum absolute atomic E-state index is 5.28. The third-order valence-electron chi connectivity index (χ3n) is 2.37. The van der Waals surface area contributed by atoms with Crippen molar-refractivity contribution in [2.24, 2.45) is 0 Å². The maximum Gasteiger partial charge on any atom is 0.134 e. The molecule has 2 rings (SSSR count). The molecule has 0 amide bonds. The highest BCUT2D eigenvalue weighted by Gasteiger charge is 1.99. The standard InChI is InChI=1S/C14H14N2S2/c17-14(16-10-13-7-4-8-15-9-13)18-11-12-5-2-1-3-6-12/h1-9H,10-11H2,(H,16,17). The fraction of sp³-hybridized carbons (Fsp3) is 0.143. The van der Waals surface area contributed by atoms with E-state index >= 15 is 0 Å². The number of hydrogen-bond acceptors (Lipinski definition) is 3. The van der Waals surface area contributed by atoms with Gasteiger partial charge < -0.3 is 5.32 Å². The predicted octanol–water partition coefficient (Wildman–Crippen LogP) is 3.39. The highest BCUT2D eigenvalue weighted by atomic mass is 32.2. The van der Waals surface area contributed by atoms with Crippen LogP contribution in [0.5, 0.6) is 0 Å². The van der Waals surface area contributed by atoms with E-state index < -0.39 is 0 Å². The monoisotopic (exact) mass is 274 g/mol. The molecule has 0 bridgehead atoms. The van der Waals surface area contributed by atoms with Crippen molar-refractivity contribution in [1.29, 1.82) is 0 Å². The minimum Gasteiger partial charge on any atom is -0.367 e. The number of aromatic nitrogens is 1. The van der Waals surface area contributed by atoms with Gasteiger partial charge in [-0.3, -0.25) is 4.98 Å². The lowest BCUT2D eigenvalue weighted by atomic mass is 10.2. The zero-order chi connectivity index (χ0) is 12.6. The van der Waals surface area contributed by atoms with Gasteiger partial charge in [0.1, 0.15) is 4.32 Å². The summed E-state index contributed by atoms with van der Waals surface area (Å²) in [7, 11) is 0. The Morgan fingerprint density at radius 3 is 2.61 bits per heavy atom. The second-order valence-electron chi connectivity index (χ2n) is 3.78. The van der Waals surface area contributed by atoms with E-state index in [2.05, 4.69) is 22.4 Å². The molecule has 0 aliphatic rings. The number of nitrogens with one attached hydrogen (secondary N) is 1. The van der Waals surface area contributed by atoms with E-state index in [0.29, 0.717) is 0 Å². The first-order valence-corrected chi connectivity index (χ1v) is 7.07. The summed E-state index contributed by atoms with van der Waals surface area (Å²) in [6.07, 6.45) is 3.61. The normalized spacial score (nSPS) is 10.0. The van der Waals surface area contributed by atoms with E-state index in [1.807, 2.05) is 36.5 Å². The van der Waals surface area contributed by atoms with E-state index in [-0.39, 0.29) is 0 Å². The molecule has 18 heavy (non-hydrogen) atoms. The van der Waals surface area contributed by atoms with Crippen LogP contribution >= 0.6 is 24.0 Å². The fourth-order valence-electron chi connectivity index (χ4n) is 1.45. The van der Waals surface area contributed by atoms with E-state index in [1.54, 1.807) is 18.0 Å². The molecule has 1 N–H and O–H groups in total. The van der Waals surface area contributed by atoms with E-state index in [9.17, 15) is 0 Å². The summed E-state index contributed by atoms with van der Waals surface area (Å²) >= 11 is 6.93. The molecule has 0 fully saturated rings. The molecule has 1 aromatic carbocycles. The Bertz CT molecular complexity index is 440. The summed E-state index contributed by atoms with van der Waals surface area (Å²) in [5.41, 5.74) is 2.42. The van der Waals surface area contributed by atoms with Crippen molar-refractivity contribution in [3.63, 3.8) is 0 Å². The molecule has 1 heterocycles. The van der Waals surface area contributed by atoms with Gasteiger partial charge in [0.25, 0.3) is 0 Å². The number of nitrogens with zero attached hydrogens (tertiary/aromatic N) is 1. The van der Waals surface area contributed by atoms with Gasteiger partial charge in [-0.15, -0.1) is 0 Å². The molecule has 0 spiro atoms. The second-order valence-corrected chi connectivity index (χ2v) is 5.43. The molecular weight excluding hydrogens is 260 g/mol. The minimum absolute atomic E-state index is 0.731. The van der Waals surface area contributed by atoms with Crippen molar-refractivity contribution in [2.75, 3.05) is 0 Å². The molecule has 0 saturated heterocycles. The Labute approximate surface area is 117 Å². The van der Waals surface area contributed by atoms with Crippen LogP contribution in [0.2, 0.25) is 0 Å². The van der Waals surface area contributed by atoms with Crippen LogP contribution in [0, 0.1) is 0 Å². The van der Waals surface area contributed by atoms with Gasteiger partial charge >= 0.3 is 0 Å². The van der Waals surface area contributed by atoms with Crippen LogP contribution in [0.15, 0.2) is 54.9 Å². The predicted molar refractivity (Wildman–Crippen MR) is 81.4 cm³/mol. The average Bonchev–Trinajstić information content (AvgIpc) is 2.45. The Kier molecular flexibility index (Phi) is 5.17. The molecule has 2 aromatic rings. The van der Waals surface area contributed by atoms with Crippen molar-refractivity contribution in [3.8, 4) is 0 Å². The Morgan fingerprint density at radius 1 is 1.11 bits per heavy atom.